The lowest BCUT2D eigenvalue weighted by Gasteiger charge is -2.17. The van der Waals surface area contributed by atoms with Crippen LogP contribution < -0.4 is 10.1 Å². The third-order valence-corrected chi connectivity index (χ3v) is 2.75. The molecule has 1 aromatic carbocycles. The van der Waals surface area contributed by atoms with E-state index in [9.17, 15) is 4.39 Å². The number of benzene rings is 1. The zero-order valence-electron chi connectivity index (χ0n) is 9.08. The number of rotatable bonds is 3. The van der Waals surface area contributed by atoms with Gasteiger partial charge in [-0.1, -0.05) is 6.07 Å². The summed E-state index contributed by atoms with van der Waals surface area (Å²) >= 11 is 0. The lowest BCUT2D eigenvalue weighted by atomic mass is 10.0. The van der Waals surface area contributed by atoms with Crippen molar-refractivity contribution in [2.24, 2.45) is 0 Å². The fourth-order valence-electron chi connectivity index (χ4n) is 2.00. The second-order valence-corrected chi connectivity index (χ2v) is 3.90. The van der Waals surface area contributed by atoms with E-state index in [1.54, 1.807) is 6.07 Å². The molecule has 0 amide bonds. The van der Waals surface area contributed by atoms with Crippen molar-refractivity contribution in [3.63, 3.8) is 0 Å². The number of fused-ring (bicyclic) bond motifs is 1. The van der Waals surface area contributed by atoms with E-state index in [0.717, 1.165) is 18.4 Å². The molecule has 2 N–H and O–H groups in total. The molecule has 1 heterocycles. The molecule has 88 valence electrons. The van der Waals surface area contributed by atoms with Crippen molar-refractivity contribution in [1.82, 2.24) is 5.32 Å². The van der Waals surface area contributed by atoms with E-state index < -0.39 is 0 Å². The van der Waals surface area contributed by atoms with Gasteiger partial charge in [-0.05, 0) is 18.9 Å². The Morgan fingerprint density at radius 2 is 2.38 bits per heavy atom. The smallest absolute Gasteiger partial charge is 0.126 e. The second kappa shape index (κ2) is 5.27. The van der Waals surface area contributed by atoms with Gasteiger partial charge in [-0.25, -0.2) is 4.39 Å². The van der Waals surface area contributed by atoms with E-state index in [1.807, 2.05) is 0 Å². The molecule has 0 radical (unpaired) electrons. The van der Waals surface area contributed by atoms with Crippen LogP contribution in [0.3, 0.4) is 0 Å². The van der Waals surface area contributed by atoms with Crippen LogP contribution in [0.5, 0.6) is 5.75 Å². The largest absolute Gasteiger partial charge is 0.493 e. The molecule has 0 saturated carbocycles. The highest BCUT2D eigenvalue weighted by molar-refractivity contribution is 5.37. The van der Waals surface area contributed by atoms with Gasteiger partial charge in [-0.2, -0.15) is 0 Å². The van der Waals surface area contributed by atoms with Crippen LogP contribution in [0.25, 0.3) is 0 Å². The topological polar surface area (TPSA) is 41.5 Å². The van der Waals surface area contributed by atoms with Gasteiger partial charge < -0.3 is 15.2 Å². The highest BCUT2D eigenvalue weighted by Crippen LogP contribution is 2.31. The van der Waals surface area contributed by atoms with E-state index >= 15 is 0 Å². The van der Waals surface area contributed by atoms with Gasteiger partial charge in [0.05, 0.1) is 13.2 Å². The van der Waals surface area contributed by atoms with E-state index in [1.165, 1.54) is 12.1 Å². The number of aliphatic hydroxyl groups is 1. The van der Waals surface area contributed by atoms with Crippen LogP contribution in [0.2, 0.25) is 0 Å². The summed E-state index contributed by atoms with van der Waals surface area (Å²) < 4.78 is 18.6. The first kappa shape index (κ1) is 11.4. The minimum absolute atomic E-state index is 0.105. The number of nitrogens with one attached hydrogen (secondary N) is 1. The molecule has 1 aromatic rings. The molecule has 0 aromatic heterocycles. The molecule has 2 rings (SSSR count). The van der Waals surface area contributed by atoms with Crippen molar-refractivity contribution in [2.75, 3.05) is 19.8 Å². The van der Waals surface area contributed by atoms with Gasteiger partial charge >= 0.3 is 0 Å². The SMILES string of the molecule is OCCNC1CCCOc2cc(F)ccc21. The van der Waals surface area contributed by atoms with Crippen LogP contribution in [0.15, 0.2) is 18.2 Å². The monoisotopic (exact) mass is 225 g/mol. The highest BCUT2D eigenvalue weighted by atomic mass is 19.1. The molecule has 4 heteroatoms. The maximum atomic E-state index is 13.1. The standard InChI is InChI=1S/C12H16FNO2/c13-9-3-4-10-11(14-5-6-15)2-1-7-16-12(10)8-9/h3-4,8,11,14-15H,1-2,5-7H2. The lowest BCUT2D eigenvalue weighted by molar-refractivity contribution is 0.281. The maximum absolute atomic E-state index is 13.1. The molecule has 1 aliphatic heterocycles. The number of halogens is 1. The number of ether oxygens (including phenoxy) is 1. The molecular formula is C12H16FNO2. The average molecular weight is 225 g/mol. The first-order chi connectivity index (χ1) is 7.81. The van der Waals surface area contributed by atoms with Gasteiger partial charge in [0.15, 0.2) is 0 Å². The summed E-state index contributed by atoms with van der Waals surface area (Å²) in [6.07, 6.45) is 1.87. The Labute approximate surface area is 94.2 Å². The third-order valence-electron chi connectivity index (χ3n) is 2.75. The van der Waals surface area contributed by atoms with Crippen molar-refractivity contribution in [3.05, 3.63) is 29.6 Å². The van der Waals surface area contributed by atoms with Gasteiger partial charge in [0, 0.05) is 24.2 Å². The molecule has 3 nitrogen and oxygen atoms in total. The molecule has 1 unspecified atom stereocenters. The number of hydrogen-bond acceptors (Lipinski definition) is 3. The Morgan fingerprint density at radius 3 is 3.19 bits per heavy atom. The van der Waals surface area contributed by atoms with Crippen LogP contribution >= 0.6 is 0 Å². The Balaban J connectivity index is 2.22. The molecular weight excluding hydrogens is 209 g/mol. The fourth-order valence-corrected chi connectivity index (χ4v) is 2.00. The van der Waals surface area contributed by atoms with Crippen LogP contribution in [-0.2, 0) is 0 Å². The van der Waals surface area contributed by atoms with Crippen molar-refractivity contribution >= 4 is 0 Å². The number of hydrogen-bond donors (Lipinski definition) is 2. The lowest BCUT2D eigenvalue weighted by Crippen LogP contribution is -2.24. The predicted molar refractivity (Wildman–Crippen MR) is 59.0 cm³/mol. The second-order valence-electron chi connectivity index (χ2n) is 3.90. The highest BCUT2D eigenvalue weighted by Gasteiger charge is 2.19. The summed E-state index contributed by atoms with van der Waals surface area (Å²) in [5, 5.41) is 12.0. The summed E-state index contributed by atoms with van der Waals surface area (Å²) in [6.45, 7) is 1.27. The summed E-state index contributed by atoms with van der Waals surface area (Å²) in [5.41, 5.74) is 0.979. The van der Waals surface area contributed by atoms with Crippen molar-refractivity contribution in [1.29, 1.82) is 0 Å². The first-order valence-electron chi connectivity index (χ1n) is 5.58. The van der Waals surface area contributed by atoms with Gasteiger partial charge in [0.2, 0.25) is 0 Å². The third kappa shape index (κ3) is 2.51. The molecule has 0 saturated heterocycles. The minimum atomic E-state index is -0.276. The summed E-state index contributed by atoms with van der Waals surface area (Å²) in [7, 11) is 0. The van der Waals surface area contributed by atoms with Crippen molar-refractivity contribution < 1.29 is 14.2 Å². The first-order valence-corrected chi connectivity index (χ1v) is 5.58. The zero-order valence-corrected chi connectivity index (χ0v) is 9.08. The number of aliphatic hydroxyl groups excluding tert-OH is 1. The average Bonchev–Trinajstić information content (AvgIpc) is 2.48. The minimum Gasteiger partial charge on any atom is -0.493 e. The van der Waals surface area contributed by atoms with E-state index in [0.29, 0.717) is 18.9 Å². The van der Waals surface area contributed by atoms with Gasteiger partial charge in [0.1, 0.15) is 11.6 Å². The van der Waals surface area contributed by atoms with Crippen LogP contribution in [0, 0.1) is 5.82 Å². The Kier molecular flexibility index (Phi) is 3.74. The van der Waals surface area contributed by atoms with E-state index in [4.69, 9.17) is 9.84 Å². The molecule has 0 aliphatic carbocycles. The Bertz CT molecular complexity index is 357. The van der Waals surface area contributed by atoms with Gasteiger partial charge in [0.25, 0.3) is 0 Å². The molecule has 1 aliphatic rings. The summed E-state index contributed by atoms with van der Waals surface area (Å²) in [4.78, 5) is 0. The molecule has 1 atom stereocenters. The predicted octanol–water partition coefficient (Wildman–Crippen LogP) is 1.62. The fraction of sp³-hybridized carbons (Fsp3) is 0.500. The normalized spacial score (nSPS) is 19.8. The molecule has 16 heavy (non-hydrogen) atoms. The van der Waals surface area contributed by atoms with Crippen LogP contribution in [-0.4, -0.2) is 24.9 Å². The van der Waals surface area contributed by atoms with E-state index in [2.05, 4.69) is 5.32 Å². The van der Waals surface area contributed by atoms with Gasteiger partial charge in [-0.15, -0.1) is 0 Å². The van der Waals surface area contributed by atoms with Crippen LogP contribution in [0.4, 0.5) is 4.39 Å². The van der Waals surface area contributed by atoms with Crippen molar-refractivity contribution in [2.45, 2.75) is 18.9 Å². The van der Waals surface area contributed by atoms with Crippen molar-refractivity contribution in [3.8, 4) is 5.75 Å². The molecule has 0 spiro atoms. The Hall–Kier alpha value is -1.13. The maximum Gasteiger partial charge on any atom is 0.126 e. The quantitative estimate of drug-likeness (QED) is 0.821. The Morgan fingerprint density at radius 1 is 1.50 bits per heavy atom. The summed E-state index contributed by atoms with van der Waals surface area (Å²) in [6, 6.07) is 4.77. The van der Waals surface area contributed by atoms with Gasteiger partial charge in [-0.3, -0.25) is 0 Å². The summed E-state index contributed by atoms with van der Waals surface area (Å²) in [5.74, 6) is 0.342. The van der Waals surface area contributed by atoms with E-state index in [-0.39, 0.29) is 18.5 Å². The molecule has 0 bridgehead atoms. The molecule has 0 fully saturated rings. The zero-order chi connectivity index (χ0) is 11.4. The van der Waals surface area contributed by atoms with Crippen LogP contribution in [0.1, 0.15) is 24.4 Å².